The largest absolute Gasteiger partial charge is 0.464 e. The first-order valence-corrected chi connectivity index (χ1v) is 14.3. The molecule has 0 bridgehead atoms. The molecule has 8 nitrogen and oxygen atoms in total. The van der Waals surface area contributed by atoms with E-state index in [1.54, 1.807) is 30.3 Å². The molecule has 4 rings (SSSR count). The molecule has 2 heterocycles. The Morgan fingerprint density at radius 2 is 1.34 bits per heavy atom. The number of H-pyrrole nitrogens is 1. The van der Waals surface area contributed by atoms with Crippen molar-refractivity contribution in [3.8, 4) is 0 Å². The van der Waals surface area contributed by atoms with Crippen LogP contribution in [0.25, 0.3) is 21.5 Å². The topological polar surface area (TPSA) is 115 Å². The van der Waals surface area contributed by atoms with E-state index < -0.39 is 17.1 Å². The first-order valence-electron chi connectivity index (χ1n) is 9.47. The van der Waals surface area contributed by atoms with E-state index in [0.29, 0.717) is 10.5 Å². The highest BCUT2D eigenvalue weighted by atomic mass is 36.0. The van der Waals surface area contributed by atoms with Crippen molar-refractivity contribution in [3.05, 3.63) is 87.6 Å². The van der Waals surface area contributed by atoms with Crippen LogP contribution in [-0.4, -0.2) is 36.1 Å². The number of carbonyl (C=O) groups is 2. The number of nitrogens with one attached hydrogen (secondary N) is 1. The highest BCUT2D eigenvalue weighted by Gasteiger charge is 2.11. The zero-order valence-electron chi connectivity index (χ0n) is 18.1. The zero-order valence-corrected chi connectivity index (χ0v) is 22.0. The molecule has 0 aliphatic rings. The Kier molecular flexibility index (Phi) is 10.6. The molecule has 0 saturated carbocycles. The number of methoxy groups -OCH3 is 2. The SMILES string of the molecule is COC(=O)c1cc2ccccc2c(=O)[nH]1.COC(=O)c1cc2ccccc2c(Cl)n1.O=P(Cl)(Cl)Cl. The number of aromatic amines is 1. The van der Waals surface area contributed by atoms with Gasteiger partial charge in [-0.3, -0.25) is 9.36 Å². The van der Waals surface area contributed by atoms with Gasteiger partial charge in [0.2, 0.25) is 0 Å². The Balaban J connectivity index is 0.000000208. The molecule has 0 fully saturated rings. The summed E-state index contributed by atoms with van der Waals surface area (Å²) in [5, 5.41) is 0.0741. The van der Waals surface area contributed by atoms with E-state index in [1.165, 1.54) is 14.2 Å². The normalized spacial score (nSPS) is 10.5. The third-order valence-electron chi connectivity index (χ3n) is 4.25. The van der Waals surface area contributed by atoms with Crippen molar-refractivity contribution < 1.29 is 23.6 Å². The van der Waals surface area contributed by atoms with Crippen LogP contribution in [0.2, 0.25) is 5.15 Å². The summed E-state index contributed by atoms with van der Waals surface area (Å²) in [5.74, 6) is -1.03. The number of nitrogens with zero attached hydrogens (tertiary/aromatic N) is 1. The number of hydrogen-bond donors (Lipinski definition) is 1. The fourth-order valence-corrected chi connectivity index (χ4v) is 3.06. The summed E-state index contributed by atoms with van der Waals surface area (Å²) in [4.78, 5) is 40.5. The van der Waals surface area contributed by atoms with Crippen LogP contribution in [0, 0.1) is 0 Å². The molecule has 2 aromatic carbocycles. The van der Waals surface area contributed by atoms with Gasteiger partial charge in [-0.25, -0.2) is 14.6 Å². The number of ether oxygens (including phenoxy) is 2. The monoisotopic (exact) mass is 576 g/mol. The van der Waals surface area contributed by atoms with Crippen LogP contribution >= 0.6 is 50.5 Å². The Labute approximate surface area is 218 Å². The van der Waals surface area contributed by atoms with Crippen molar-refractivity contribution in [3.63, 3.8) is 0 Å². The number of benzene rings is 2. The molecule has 0 aliphatic carbocycles. The third kappa shape index (κ3) is 8.84. The molecule has 35 heavy (non-hydrogen) atoms. The lowest BCUT2D eigenvalue weighted by molar-refractivity contribution is 0.0585. The van der Waals surface area contributed by atoms with Gasteiger partial charge in [-0.1, -0.05) is 54.1 Å². The number of esters is 2. The van der Waals surface area contributed by atoms with E-state index in [0.717, 1.165) is 16.2 Å². The van der Waals surface area contributed by atoms with Gasteiger partial charge >= 0.3 is 17.1 Å². The second-order valence-corrected chi connectivity index (χ2v) is 13.5. The van der Waals surface area contributed by atoms with E-state index in [4.69, 9.17) is 11.6 Å². The number of pyridine rings is 2. The Morgan fingerprint density at radius 3 is 1.89 bits per heavy atom. The first-order chi connectivity index (χ1) is 16.4. The smallest absolute Gasteiger partial charge is 0.356 e. The van der Waals surface area contributed by atoms with Crippen molar-refractivity contribution in [2.45, 2.75) is 0 Å². The molecule has 0 unspecified atom stereocenters. The van der Waals surface area contributed by atoms with Gasteiger partial charge in [-0.15, -0.1) is 0 Å². The van der Waals surface area contributed by atoms with Crippen molar-refractivity contribution in [2.24, 2.45) is 0 Å². The van der Waals surface area contributed by atoms with Gasteiger partial charge in [0.05, 0.1) is 14.2 Å². The highest BCUT2D eigenvalue weighted by Crippen LogP contribution is 2.61. The number of halogens is 4. The quantitative estimate of drug-likeness (QED) is 0.158. The Morgan fingerprint density at radius 1 is 0.857 bits per heavy atom. The van der Waals surface area contributed by atoms with Crippen LogP contribution in [0.3, 0.4) is 0 Å². The minimum absolute atomic E-state index is 0.168. The molecule has 0 spiro atoms. The molecule has 2 aromatic heterocycles. The molecule has 0 amide bonds. The van der Waals surface area contributed by atoms with Gasteiger partial charge in [0.15, 0.2) is 5.69 Å². The van der Waals surface area contributed by atoms with Crippen LogP contribution in [-0.2, 0) is 14.0 Å². The predicted octanol–water partition coefficient (Wildman–Crippen LogP) is 6.80. The lowest BCUT2D eigenvalue weighted by atomic mass is 10.1. The molecule has 0 radical (unpaired) electrons. The summed E-state index contributed by atoms with van der Waals surface area (Å²) >= 11 is 19.8. The average molecular weight is 578 g/mol. The summed E-state index contributed by atoms with van der Waals surface area (Å²) in [6.07, 6.45) is 0. The fourth-order valence-electron chi connectivity index (χ4n) is 2.80. The molecule has 0 saturated heterocycles. The summed E-state index contributed by atoms with van der Waals surface area (Å²) in [6.45, 7) is 0. The maximum absolute atomic E-state index is 11.6. The van der Waals surface area contributed by atoms with Crippen LogP contribution in [0.4, 0.5) is 0 Å². The Hall–Kier alpha value is -2.61. The van der Waals surface area contributed by atoms with Crippen molar-refractivity contribution >= 4 is 84.0 Å². The van der Waals surface area contributed by atoms with E-state index in [1.807, 2.05) is 30.3 Å². The van der Waals surface area contributed by atoms with Crippen LogP contribution < -0.4 is 5.56 Å². The molecule has 0 aliphatic heterocycles. The summed E-state index contributed by atoms with van der Waals surface area (Å²) in [7, 11) is 2.59. The summed E-state index contributed by atoms with van der Waals surface area (Å²) < 4.78 is 18.6. The van der Waals surface area contributed by atoms with Crippen LogP contribution in [0.15, 0.2) is 65.5 Å². The maximum atomic E-state index is 11.6. The van der Waals surface area contributed by atoms with Crippen molar-refractivity contribution in [1.82, 2.24) is 9.97 Å². The zero-order chi connectivity index (χ0) is 26.2. The molecule has 13 heteroatoms. The van der Waals surface area contributed by atoms with Gasteiger partial charge < -0.3 is 14.5 Å². The highest BCUT2D eigenvalue weighted by molar-refractivity contribution is 8.24. The number of carbonyl (C=O) groups excluding carboxylic acids is 2. The van der Waals surface area contributed by atoms with Gasteiger partial charge in [0.25, 0.3) is 5.56 Å². The molecule has 1 N–H and O–H groups in total. The number of aromatic nitrogens is 2. The minimum atomic E-state index is -3.22. The molecular weight excluding hydrogens is 561 g/mol. The minimum Gasteiger partial charge on any atom is -0.464 e. The molecular formula is C22H17Cl4N2O6P. The van der Waals surface area contributed by atoms with Crippen LogP contribution in [0.1, 0.15) is 21.0 Å². The van der Waals surface area contributed by atoms with Gasteiger partial charge in [-0.05, 0) is 62.7 Å². The molecule has 4 aromatic rings. The van der Waals surface area contributed by atoms with Gasteiger partial charge in [0, 0.05) is 10.8 Å². The predicted molar refractivity (Wildman–Crippen MR) is 139 cm³/mol. The first kappa shape index (κ1) is 28.6. The maximum Gasteiger partial charge on any atom is 0.356 e. The van der Waals surface area contributed by atoms with Crippen molar-refractivity contribution in [1.29, 1.82) is 0 Å². The molecule has 0 atom stereocenters. The average Bonchev–Trinajstić information content (AvgIpc) is 2.82. The van der Waals surface area contributed by atoms with E-state index in [9.17, 15) is 18.9 Å². The Bertz CT molecular complexity index is 1460. The fraction of sp³-hybridized carbons (Fsp3) is 0.0909. The second-order valence-electron chi connectivity index (χ2n) is 6.50. The van der Waals surface area contributed by atoms with Crippen molar-refractivity contribution in [2.75, 3.05) is 14.2 Å². The third-order valence-corrected chi connectivity index (χ3v) is 4.54. The lowest BCUT2D eigenvalue weighted by Crippen LogP contribution is -2.14. The van der Waals surface area contributed by atoms with Gasteiger partial charge in [0.1, 0.15) is 10.8 Å². The second kappa shape index (κ2) is 12.9. The van der Waals surface area contributed by atoms with Gasteiger partial charge in [-0.2, -0.15) is 0 Å². The van der Waals surface area contributed by atoms with Crippen LogP contribution in [0.5, 0.6) is 0 Å². The van der Waals surface area contributed by atoms with E-state index in [-0.39, 0.29) is 16.9 Å². The number of hydrogen-bond acceptors (Lipinski definition) is 7. The van der Waals surface area contributed by atoms with E-state index in [2.05, 4.69) is 53.2 Å². The summed E-state index contributed by atoms with van der Waals surface area (Å²) in [5.41, 5.74) is 0.107. The van der Waals surface area contributed by atoms with E-state index >= 15 is 0 Å². The number of rotatable bonds is 2. The molecule has 184 valence electrons. The standard InChI is InChI=1S/C11H8ClNO2.C11H9NO3.Cl3OP/c1-15-11(14)9-6-7-4-2-3-5-8(7)10(12)13-9;1-15-11(14)9-6-7-4-2-3-5-8(7)10(13)12-9;1-5(2,3)4/h2-6H,1H3;2-6H,1H3,(H,12,13);. The number of fused-ring (bicyclic) bond motifs is 2. The summed E-state index contributed by atoms with van der Waals surface area (Å²) in [6, 6.07) is 17.8. The lowest BCUT2D eigenvalue weighted by Gasteiger charge is -2.03.